The van der Waals surface area contributed by atoms with Crippen LogP contribution in [0, 0.1) is 6.92 Å². The second-order valence-corrected chi connectivity index (χ2v) is 6.28. The third kappa shape index (κ3) is 2.77. The number of carbonyl (C=O) groups is 1. The zero-order valence-electron chi connectivity index (χ0n) is 14.4. The Bertz CT molecular complexity index is 1150. The normalized spacial score (nSPS) is 11.3. The van der Waals surface area contributed by atoms with Crippen LogP contribution in [-0.4, -0.2) is 27.6 Å². The minimum atomic E-state index is -0.459. The topological polar surface area (TPSA) is 81.5 Å². The van der Waals surface area contributed by atoms with E-state index in [-0.39, 0.29) is 12.5 Å². The first-order valence-electron chi connectivity index (χ1n) is 8.18. The molecule has 4 aromatic rings. The van der Waals surface area contributed by atoms with Crippen LogP contribution >= 0.6 is 0 Å². The summed E-state index contributed by atoms with van der Waals surface area (Å²) in [6, 6.07) is 9.15. The summed E-state index contributed by atoms with van der Waals surface area (Å²) in [7, 11) is 1.70. The highest BCUT2D eigenvalue weighted by Crippen LogP contribution is 2.23. The van der Waals surface area contributed by atoms with Gasteiger partial charge in [-0.15, -0.1) is 0 Å². The number of hydrogen-bond donors (Lipinski definition) is 0. The highest BCUT2D eigenvalue weighted by atomic mass is 16.4. The highest BCUT2D eigenvalue weighted by Gasteiger charge is 2.17. The molecule has 7 nitrogen and oxygen atoms in total. The first-order valence-corrected chi connectivity index (χ1v) is 8.18. The molecule has 0 fully saturated rings. The maximum absolute atomic E-state index is 12.6. The van der Waals surface area contributed by atoms with Gasteiger partial charge in [0, 0.05) is 12.4 Å². The first-order chi connectivity index (χ1) is 12.5. The van der Waals surface area contributed by atoms with Crippen LogP contribution in [0.1, 0.15) is 11.3 Å². The summed E-state index contributed by atoms with van der Waals surface area (Å²) in [5.74, 6) is 0.563. The zero-order chi connectivity index (χ0) is 18.3. The van der Waals surface area contributed by atoms with Gasteiger partial charge in [-0.3, -0.25) is 9.48 Å². The number of benzene rings is 1. The lowest BCUT2D eigenvalue weighted by Gasteiger charge is -2.16. The molecule has 0 atom stereocenters. The predicted octanol–water partition coefficient (Wildman–Crippen LogP) is 2.70. The smallest absolute Gasteiger partial charge is 0.347 e. The fourth-order valence-electron chi connectivity index (χ4n) is 2.98. The van der Waals surface area contributed by atoms with Gasteiger partial charge in [0.15, 0.2) is 0 Å². The minimum Gasteiger partial charge on any atom is -0.467 e. The van der Waals surface area contributed by atoms with Gasteiger partial charge in [0.2, 0.25) is 5.91 Å². The second kappa shape index (κ2) is 6.18. The van der Waals surface area contributed by atoms with Crippen molar-refractivity contribution in [3.8, 4) is 0 Å². The Hall–Kier alpha value is -3.35. The number of aromatic nitrogens is 2. The Kier molecular flexibility index (Phi) is 3.84. The van der Waals surface area contributed by atoms with Crippen LogP contribution in [0.25, 0.3) is 21.9 Å². The van der Waals surface area contributed by atoms with E-state index >= 15 is 0 Å². The lowest BCUT2D eigenvalue weighted by molar-refractivity contribution is -0.131. The van der Waals surface area contributed by atoms with E-state index in [1.807, 2.05) is 25.1 Å². The Morgan fingerprint density at radius 1 is 1.27 bits per heavy atom. The van der Waals surface area contributed by atoms with Crippen molar-refractivity contribution in [1.82, 2.24) is 14.7 Å². The summed E-state index contributed by atoms with van der Waals surface area (Å²) < 4.78 is 12.2. The minimum absolute atomic E-state index is 0.0210. The molecule has 0 spiro atoms. The number of hydrogen-bond acceptors (Lipinski definition) is 5. The van der Waals surface area contributed by atoms with Crippen molar-refractivity contribution in [2.45, 2.75) is 20.0 Å². The fraction of sp³-hybridized carbons (Fsp3) is 0.211. The molecule has 0 saturated heterocycles. The van der Waals surface area contributed by atoms with Crippen LogP contribution in [0.2, 0.25) is 0 Å². The summed E-state index contributed by atoms with van der Waals surface area (Å²) in [5, 5.41) is 5.37. The summed E-state index contributed by atoms with van der Waals surface area (Å²) in [4.78, 5) is 26.3. The number of furan rings is 1. The van der Waals surface area contributed by atoms with E-state index < -0.39 is 5.63 Å². The summed E-state index contributed by atoms with van der Waals surface area (Å²) in [6.45, 7) is 2.35. The number of rotatable bonds is 4. The fourth-order valence-corrected chi connectivity index (χ4v) is 2.98. The molecule has 0 aliphatic rings. The number of carbonyl (C=O) groups excluding carboxylic acids is 1. The van der Waals surface area contributed by atoms with Gasteiger partial charge in [0.05, 0.1) is 24.5 Å². The molecule has 26 heavy (non-hydrogen) atoms. The molecule has 0 saturated carbocycles. The lowest BCUT2D eigenvalue weighted by atomic mass is 10.1. The third-order valence-corrected chi connectivity index (χ3v) is 4.34. The van der Waals surface area contributed by atoms with E-state index in [4.69, 9.17) is 8.83 Å². The summed E-state index contributed by atoms with van der Waals surface area (Å²) >= 11 is 0. The first kappa shape index (κ1) is 16.1. The van der Waals surface area contributed by atoms with Crippen molar-refractivity contribution in [2.75, 3.05) is 7.05 Å². The van der Waals surface area contributed by atoms with Crippen LogP contribution < -0.4 is 5.63 Å². The van der Waals surface area contributed by atoms with Crippen LogP contribution in [0.5, 0.6) is 0 Å². The Morgan fingerprint density at radius 3 is 2.88 bits per heavy atom. The van der Waals surface area contributed by atoms with Crippen LogP contribution in [0.3, 0.4) is 0 Å². The van der Waals surface area contributed by atoms with Crippen molar-refractivity contribution < 1.29 is 13.6 Å². The van der Waals surface area contributed by atoms with E-state index in [9.17, 15) is 9.59 Å². The Balaban J connectivity index is 1.72. The van der Waals surface area contributed by atoms with Crippen LogP contribution in [-0.2, 0) is 17.9 Å². The molecular formula is C19H17N3O4. The van der Waals surface area contributed by atoms with Crippen molar-refractivity contribution in [3.63, 3.8) is 0 Å². The lowest BCUT2D eigenvalue weighted by Crippen LogP contribution is -2.30. The molecule has 3 aromatic heterocycles. The summed E-state index contributed by atoms with van der Waals surface area (Å²) in [5.41, 5.74) is 1.66. The molecular weight excluding hydrogens is 334 g/mol. The van der Waals surface area contributed by atoms with Gasteiger partial charge in [-0.1, -0.05) is 11.6 Å². The molecule has 0 bridgehead atoms. The summed E-state index contributed by atoms with van der Waals surface area (Å²) in [6.07, 6.45) is 3.02. The molecule has 1 amide bonds. The number of nitrogens with zero attached hydrogens (tertiary/aromatic N) is 3. The molecule has 4 rings (SSSR count). The number of aryl methyl sites for hydroxylation is 1. The number of likely N-dealkylation sites (N-methyl/N-ethyl adjacent to an activating group) is 1. The van der Waals surface area contributed by atoms with E-state index in [0.29, 0.717) is 28.8 Å². The van der Waals surface area contributed by atoms with Crippen molar-refractivity contribution in [2.24, 2.45) is 0 Å². The van der Waals surface area contributed by atoms with E-state index in [0.717, 1.165) is 10.9 Å². The maximum Gasteiger partial charge on any atom is 0.347 e. The standard InChI is InChI=1S/C19H17N3O4/c1-12-5-6-16-14(8-12)18-15(19(24)26-16)9-20-22(18)11-17(23)21(2)10-13-4-3-7-25-13/h3-9H,10-11H2,1-2H3. The Labute approximate surface area is 148 Å². The Morgan fingerprint density at radius 2 is 2.12 bits per heavy atom. The largest absolute Gasteiger partial charge is 0.467 e. The molecule has 0 radical (unpaired) electrons. The number of fused-ring (bicyclic) bond motifs is 3. The molecule has 132 valence electrons. The monoisotopic (exact) mass is 351 g/mol. The van der Waals surface area contributed by atoms with Gasteiger partial charge in [-0.2, -0.15) is 5.10 Å². The average Bonchev–Trinajstić information content (AvgIpc) is 3.26. The van der Waals surface area contributed by atoms with Crippen LogP contribution in [0.15, 0.2) is 56.4 Å². The average molecular weight is 351 g/mol. The van der Waals surface area contributed by atoms with E-state index in [1.165, 1.54) is 6.20 Å². The molecule has 0 unspecified atom stereocenters. The SMILES string of the molecule is Cc1ccc2oc(=O)c3cnn(CC(=O)N(C)Cc4ccco4)c3c2c1. The third-order valence-electron chi connectivity index (χ3n) is 4.34. The highest BCUT2D eigenvalue weighted by molar-refractivity contribution is 6.02. The van der Waals surface area contributed by atoms with Gasteiger partial charge in [-0.05, 0) is 31.2 Å². The van der Waals surface area contributed by atoms with Crippen LogP contribution in [0.4, 0.5) is 0 Å². The number of amides is 1. The van der Waals surface area contributed by atoms with Gasteiger partial charge >= 0.3 is 5.63 Å². The quantitative estimate of drug-likeness (QED) is 0.528. The molecule has 1 aromatic carbocycles. The molecule has 0 aliphatic carbocycles. The molecule has 3 heterocycles. The molecule has 7 heteroatoms. The zero-order valence-corrected chi connectivity index (χ0v) is 14.4. The van der Waals surface area contributed by atoms with Gasteiger partial charge in [-0.25, -0.2) is 4.79 Å². The van der Waals surface area contributed by atoms with Crippen molar-refractivity contribution in [1.29, 1.82) is 0 Å². The van der Waals surface area contributed by atoms with Gasteiger partial charge in [0.25, 0.3) is 0 Å². The van der Waals surface area contributed by atoms with E-state index in [2.05, 4.69) is 5.10 Å². The predicted molar refractivity (Wildman–Crippen MR) is 95.7 cm³/mol. The molecule has 0 N–H and O–H groups in total. The van der Waals surface area contributed by atoms with E-state index in [1.54, 1.807) is 35.0 Å². The second-order valence-electron chi connectivity index (χ2n) is 6.28. The van der Waals surface area contributed by atoms with Gasteiger partial charge in [0.1, 0.15) is 23.3 Å². The van der Waals surface area contributed by atoms with Crippen molar-refractivity contribution >= 4 is 27.8 Å². The van der Waals surface area contributed by atoms with Gasteiger partial charge < -0.3 is 13.7 Å². The van der Waals surface area contributed by atoms with Crippen molar-refractivity contribution in [3.05, 3.63) is 64.5 Å². The molecule has 0 aliphatic heterocycles. The maximum atomic E-state index is 12.6.